The number of carbonyl (C=O) groups excluding carboxylic acids is 2. The average Bonchev–Trinajstić information content (AvgIpc) is 3.61. The number of hydrogen-bond acceptors (Lipinski definition) is 5. The van der Waals surface area contributed by atoms with Crippen LogP contribution in [-0.2, 0) is 9.53 Å². The summed E-state index contributed by atoms with van der Waals surface area (Å²) in [5, 5.41) is 5.98. The number of thiazole rings is 1. The minimum absolute atomic E-state index is 0.00401. The number of amides is 2. The van der Waals surface area contributed by atoms with Crippen molar-refractivity contribution in [3.63, 3.8) is 0 Å². The second kappa shape index (κ2) is 9.70. The van der Waals surface area contributed by atoms with Crippen molar-refractivity contribution in [2.45, 2.75) is 20.8 Å². The van der Waals surface area contributed by atoms with Gasteiger partial charge in [-0.2, -0.15) is 0 Å². The number of ether oxygens (including phenoxy) is 1. The molecule has 0 radical (unpaired) electrons. The molecular weight excluding hydrogens is 496 g/mol. The number of nitrogens with zero attached hydrogens (tertiary/aromatic N) is 2. The van der Waals surface area contributed by atoms with Gasteiger partial charge in [0.1, 0.15) is 5.01 Å². The molecule has 1 saturated heterocycles. The number of aromatic amines is 1. The number of nitrogens with one attached hydrogen (secondary N) is 2. The predicted octanol–water partition coefficient (Wildman–Crippen LogP) is 5.70. The Morgan fingerprint density at radius 2 is 1.79 bits per heavy atom. The first-order valence-corrected chi connectivity index (χ1v) is 13.5. The van der Waals surface area contributed by atoms with E-state index in [0.29, 0.717) is 37.4 Å². The molecule has 2 aliphatic rings. The quantitative estimate of drug-likeness (QED) is 0.336. The van der Waals surface area contributed by atoms with Gasteiger partial charge in [-0.15, -0.1) is 11.3 Å². The Hall–Kier alpha value is -4.01. The topological polar surface area (TPSA) is 87.3 Å². The van der Waals surface area contributed by atoms with Gasteiger partial charge in [-0.1, -0.05) is 35.9 Å². The molecule has 0 unspecified atom stereocenters. The van der Waals surface area contributed by atoms with Crippen molar-refractivity contribution in [3.05, 3.63) is 81.5 Å². The van der Waals surface area contributed by atoms with Crippen LogP contribution in [0.15, 0.2) is 47.8 Å². The van der Waals surface area contributed by atoms with Crippen molar-refractivity contribution in [2.75, 3.05) is 31.6 Å². The molecule has 8 heteroatoms. The molecule has 0 spiro atoms. The van der Waals surface area contributed by atoms with E-state index in [-0.39, 0.29) is 11.8 Å². The molecule has 192 valence electrons. The number of carbonyl (C=O) groups is 2. The van der Waals surface area contributed by atoms with Crippen LogP contribution in [0.5, 0.6) is 0 Å². The number of H-pyrrole nitrogens is 1. The number of aromatic nitrogens is 2. The van der Waals surface area contributed by atoms with Crippen molar-refractivity contribution >= 4 is 40.5 Å². The molecule has 6 rings (SSSR count). The van der Waals surface area contributed by atoms with Gasteiger partial charge >= 0.3 is 0 Å². The molecule has 0 bridgehead atoms. The second-order valence-electron chi connectivity index (χ2n) is 9.74. The number of anilines is 1. The summed E-state index contributed by atoms with van der Waals surface area (Å²) in [5.41, 5.74) is 9.34. The zero-order valence-electron chi connectivity index (χ0n) is 21.6. The van der Waals surface area contributed by atoms with Crippen LogP contribution in [0.25, 0.3) is 33.5 Å². The van der Waals surface area contributed by atoms with Crippen LogP contribution >= 0.6 is 11.3 Å². The van der Waals surface area contributed by atoms with Gasteiger partial charge in [-0.25, -0.2) is 4.98 Å². The van der Waals surface area contributed by atoms with Gasteiger partial charge in [0.25, 0.3) is 11.8 Å². The Kier molecular flexibility index (Phi) is 6.21. The van der Waals surface area contributed by atoms with Crippen LogP contribution in [0, 0.1) is 20.8 Å². The SMILES string of the molecule is Cc1ccc(-c2nc(-c3ccc4c(c3)/C(=C/c3[nH]c(C)c(C(=O)N5CCOCC5)c3C)C(=O)N4)cs2)cc1. The van der Waals surface area contributed by atoms with E-state index < -0.39 is 0 Å². The molecule has 38 heavy (non-hydrogen) atoms. The van der Waals surface area contributed by atoms with Gasteiger partial charge < -0.3 is 19.9 Å². The number of hydrogen-bond donors (Lipinski definition) is 2. The first-order chi connectivity index (χ1) is 18.4. The Labute approximate surface area is 225 Å². The number of benzene rings is 2. The van der Waals surface area contributed by atoms with E-state index in [1.54, 1.807) is 11.3 Å². The highest BCUT2D eigenvalue weighted by Crippen LogP contribution is 2.38. The molecule has 2 N–H and O–H groups in total. The van der Waals surface area contributed by atoms with Gasteiger partial charge in [-0.3, -0.25) is 9.59 Å². The Bertz CT molecular complexity index is 1590. The molecule has 0 atom stereocenters. The molecule has 2 amide bonds. The fourth-order valence-corrected chi connectivity index (χ4v) is 5.87. The van der Waals surface area contributed by atoms with E-state index in [0.717, 1.165) is 50.0 Å². The van der Waals surface area contributed by atoms with Crippen molar-refractivity contribution < 1.29 is 14.3 Å². The van der Waals surface area contributed by atoms with Crippen LogP contribution in [0.2, 0.25) is 0 Å². The lowest BCUT2D eigenvalue weighted by Gasteiger charge is -2.27. The average molecular weight is 525 g/mol. The lowest BCUT2D eigenvalue weighted by atomic mass is 10.0. The minimum atomic E-state index is -0.163. The third-order valence-corrected chi connectivity index (χ3v) is 8.07. The maximum absolute atomic E-state index is 13.2. The van der Waals surface area contributed by atoms with Crippen molar-refractivity contribution in [1.29, 1.82) is 0 Å². The summed E-state index contributed by atoms with van der Waals surface area (Å²) < 4.78 is 5.40. The van der Waals surface area contributed by atoms with Gasteiger partial charge in [0.15, 0.2) is 0 Å². The molecule has 7 nitrogen and oxygen atoms in total. The zero-order valence-corrected chi connectivity index (χ0v) is 22.4. The third-order valence-electron chi connectivity index (χ3n) is 7.18. The summed E-state index contributed by atoms with van der Waals surface area (Å²) in [4.78, 5) is 36.2. The summed E-state index contributed by atoms with van der Waals surface area (Å²) in [6.45, 7) is 8.17. The molecule has 4 aromatic rings. The predicted molar refractivity (Wildman–Crippen MR) is 151 cm³/mol. The monoisotopic (exact) mass is 524 g/mol. The Morgan fingerprint density at radius 1 is 1.05 bits per heavy atom. The molecule has 1 fully saturated rings. The molecular formula is C30H28N4O3S. The van der Waals surface area contributed by atoms with Crippen LogP contribution in [0.3, 0.4) is 0 Å². The molecule has 2 aromatic carbocycles. The summed E-state index contributed by atoms with van der Waals surface area (Å²) in [5.74, 6) is -0.167. The molecule has 0 aliphatic carbocycles. The number of fused-ring (bicyclic) bond motifs is 1. The van der Waals surface area contributed by atoms with Crippen molar-refractivity contribution in [1.82, 2.24) is 14.9 Å². The first kappa shape index (κ1) is 24.3. The fraction of sp³-hybridized carbons (Fsp3) is 0.233. The van der Waals surface area contributed by atoms with Crippen LogP contribution < -0.4 is 5.32 Å². The summed E-state index contributed by atoms with van der Waals surface area (Å²) in [7, 11) is 0. The highest BCUT2D eigenvalue weighted by molar-refractivity contribution is 7.13. The standard InChI is InChI=1S/C30H28N4O3S/c1-17-4-6-20(7-5-17)29-33-26(16-38-29)21-8-9-24-22(14-21)23(28(35)32-24)15-25-18(2)27(19(3)31-25)30(36)34-10-12-37-13-11-34/h4-9,14-16,31H,10-13H2,1-3H3,(H,32,35)/b23-15-. The van der Waals surface area contributed by atoms with Crippen LogP contribution in [0.4, 0.5) is 5.69 Å². The van der Waals surface area contributed by atoms with Crippen LogP contribution in [-0.4, -0.2) is 53.0 Å². The fourth-order valence-electron chi connectivity index (χ4n) is 5.03. The number of morpholine rings is 1. The molecule has 0 saturated carbocycles. The van der Waals surface area contributed by atoms with Gasteiger partial charge in [-0.05, 0) is 44.5 Å². The largest absolute Gasteiger partial charge is 0.378 e. The van der Waals surface area contributed by atoms with E-state index in [1.807, 2.05) is 48.4 Å². The first-order valence-electron chi connectivity index (χ1n) is 12.7. The summed E-state index contributed by atoms with van der Waals surface area (Å²) >= 11 is 1.60. The minimum Gasteiger partial charge on any atom is -0.378 e. The third kappa shape index (κ3) is 4.36. The van der Waals surface area contributed by atoms with Gasteiger partial charge in [0.05, 0.1) is 30.0 Å². The zero-order chi connectivity index (χ0) is 26.4. The highest BCUT2D eigenvalue weighted by atomic mass is 32.1. The van der Waals surface area contributed by atoms with E-state index in [2.05, 4.69) is 41.5 Å². The second-order valence-corrected chi connectivity index (χ2v) is 10.6. The molecule has 2 aromatic heterocycles. The van der Waals surface area contributed by atoms with E-state index in [9.17, 15) is 9.59 Å². The molecule has 4 heterocycles. The van der Waals surface area contributed by atoms with Crippen molar-refractivity contribution in [2.24, 2.45) is 0 Å². The van der Waals surface area contributed by atoms with Gasteiger partial charge in [0, 0.05) is 52.2 Å². The Balaban J connectivity index is 1.33. The maximum Gasteiger partial charge on any atom is 0.256 e. The maximum atomic E-state index is 13.2. The smallest absolute Gasteiger partial charge is 0.256 e. The highest BCUT2D eigenvalue weighted by Gasteiger charge is 2.28. The normalized spacial score (nSPS) is 16.1. The lowest BCUT2D eigenvalue weighted by Crippen LogP contribution is -2.41. The Morgan fingerprint density at radius 3 is 2.55 bits per heavy atom. The van der Waals surface area contributed by atoms with Gasteiger partial charge in [0.2, 0.25) is 0 Å². The molecule has 2 aliphatic heterocycles. The number of aryl methyl sites for hydroxylation is 2. The van der Waals surface area contributed by atoms with Crippen molar-refractivity contribution in [3.8, 4) is 21.8 Å². The van der Waals surface area contributed by atoms with Crippen LogP contribution in [0.1, 0.15) is 38.4 Å². The van der Waals surface area contributed by atoms with E-state index in [4.69, 9.17) is 9.72 Å². The van der Waals surface area contributed by atoms with E-state index in [1.165, 1.54) is 5.56 Å². The summed E-state index contributed by atoms with van der Waals surface area (Å²) in [6, 6.07) is 14.3. The lowest BCUT2D eigenvalue weighted by molar-refractivity contribution is -0.110. The summed E-state index contributed by atoms with van der Waals surface area (Å²) in [6.07, 6.45) is 1.85. The van der Waals surface area contributed by atoms with E-state index >= 15 is 0 Å². The number of rotatable bonds is 4.